The van der Waals surface area contributed by atoms with Crippen molar-refractivity contribution in [2.45, 2.75) is 32.8 Å². The van der Waals surface area contributed by atoms with Crippen LogP contribution in [-0.2, 0) is 0 Å². The molecule has 19 heavy (non-hydrogen) atoms. The van der Waals surface area contributed by atoms with Gasteiger partial charge < -0.3 is 19.5 Å². The van der Waals surface area contributed by atoms with Crippen LogP contribution in [0.15, 0.2) is 18.2 Å². The van der Waals surface area contributed by atoms with Gasteiger partial charge >= 0.3 is 0 Å². The number of hydrogen-bond acceptors (Lipinski definition) is 4. The molecule has 4 nitrogen and oxygen atoms in total. The van der Waals surface area contributed by atoms with Gasteiger partial charge in [-0.1, -0.05) is 13.0 Å². The van der Waals surface area contributed by atoms with Crippen LogP contribution in [0.5, 0.6) is 17.2 Å². The van der Waals surface area contributed by atoms with Crippen LogP contribution in [-0.4, -0.2) is 32.9 Å². The van der Waals surface area contributed by atoms with Gasteiger partial charge in [-0.05, 0) is 38.9 Å². The standard InChI is InChI=1S/C15H25NO3/c1-6-10-16-11-15(2,3)19-14-12(17-4)8-7-9-13(14)18-5/h7-9,16H,6,10-11H2,1-5H3. The van der Waals surface area contributed by atoms with Gasteiger partial charge in [0.05, 0.1) is 14.2 Å². The van der Waals surface area contributed by atoms with Gasteiger partial charge in [0.2, 0.25) is 5.75 Å². The molecule has 0 spiro atoms. The number of nitrogens with one attached hydrogen (secondary N) is 1. The molecule has 0 aromatic heterocycles. The smallest absolute Gasteiger partial charge is 0.204 e. The van der Waals surface area contributed by atoms with Crippen molar-refractivity contribution >= 4 is 0 Å². The molecule has 0 aliphatic heterocycles. The molecule has 0 amide bonds. The summed E-state index contributed by atoms with van der Waals surface area (Å²) in [5.74, 6) is 2.02. The lowest BCUT2D eigenvalue weighted by Gasteiger charge is -2.28. The predicted octanol–water partition coefficient (Wildman–Crippen LogP) is 2.86. The van der Waals surface area contributed by atoms with E-state index in [9.17, 15) is 0 Å². The summed E-state index contributed by atoms with van der Waals surface area (Å²) < 4.78 is 16.7. The SMILES string of the molecule is CCCNCC(C)(C)Oc1c(OC)cccc1OC. The summed E-state index contributed by atoms with van der Waals surface area (Å²) in [7, 11) is 3.26. The minimum Gasteiger partial charge on any atom is -0.493 e. The van der Waals surface area contributed by atoms with Gasteiger partial charge in [-0.3, -0.25) is 0 Å². The molecule has 1 N–H and O–H groups in total. The van der Waals surface area contributed by atoms with E-state index in [1.165, 1.54) is 0 Å². The predicted molar refractivity (Wildman–Crippen MR) is 77.4 cm³/mol. The van der Waals surface area contributed by atoms with Crippen LogP contribution in [0.2, 0.25) is 0 Å². The van der Waals surface area contributed by atoms with Crippen LogP contribution in [0.1, 0.15) is 27.2 Å². The molecule has 0 fully saturated rings. The van der Waals surface area contributed by atoms with E-state index in [1.54, 1.807) is 14.2 Å². The van der Waals surface area contributed by atoms with Crippen molar-refractivity contribution in [1.29, 1.82) is 0 Å². The lowest BCUT2D eigenvalue weighted by atomic mass is 10.1. The van der Waals surface area contributed by atoms with Crippen molar-refractivity contribution in [3.05, 3.63) is 18.2 Å². The van der Waals surface area contributed by atoms with Crippen molar-refractivity contribution in [1.82, 2.24) is 5.32 Å². The van der Waals surface area contributed by atoms with E-state index in [-0.39, 0.29) is 5.60 Å². The van der Waals surface area contributed by atoms with Crippen LogP contribution in [0.4, 0.5) is 0 Å². The van der Waals surface area contributed by atoms with E-state index in [2.05, 4.69) is 12.2 Å². The van der Waals surface area contributed by atoms with Crippen molar-refractivity contribution in [2.75, 3.05) is 27.3 Å². The van der Waals surface area contributed by atoms with Gasteiger partial charge in [0, 0.05) is 6.54 Å². The maximum atomic E-state index is 6.08. The van der Waals surface area contributed by atoms with Gasteiger partial charge in [-0.2, -0.15) is 0 Å². The van der Waals surface area contributed by atoms with E-state index in [4.69, 9.17) is 14.2 Å². The third kappa shape index (κ3) is 4.63. The Morgan fingerprint density at radius 2 is 1.68 bits per heavy atom. The Bertz CT molecular complexity index is 369. The highest BCUT2D eigenvalue weighted by Gasteiger charge is 2.23. The normalized spacial score (nSPS) is 11.2. The fourth-order valence-corrected chi connectivity index (χ4v) is 1.80. The van der Waals surface area contributed by atoms with Crippen molar-refractivity contribution in [2.24, 2.45) is 0 Å². The van der Waals surface area contributed by atoms with E-state index in [0.717, 1.165) is 19.5 Å². The first-order chi connectivity index (χ1) is 9.04. The molecule has 0 heterocycles. The Hall–Kier alpha value is -1.42. The molecule has 0 unspecified atom stereocenters. The average Bonchev–Trinajstić information content (AvgIpc) is 2.38. The lowest BCUT2D eigenvalue weighted by Crippen LogP contribution is -2.40. The minimum absolute atomic E-state index is 0.336. The Balaban J connectivity index is 2.84. The highest BCUT2D eigenvalue weighted by molar-refractivity contribution is 5.51. The van der Waals surface area contributed by atoms with Crippen molar-refractivity contribution in [3.8, 4) is 17.2 Å². The van der Waals surface area contributed by atoms with Gasteiger partial charge in [0.25, 0.3) is 0 Å². The quantitative estimate of drug-likeness (QED) is 0.735. The maximum absolute atomic E-state index is 6.08. The molecule has 0 atom stereocenters. The van der Waals surface area contributed by atoms with Gasteiger partial charge in [-0.25, -0.2) is 0 Å². The van der Waals surface area contributed by atoms with Crippen molar-refractivity contribution in [3.63, 3.8) is 0 Å². The molecular weight excluding hydrogens is 242 g/mol. The first kappa shape index (κ1) is 15.6. The number of rotatable bonds is 8. The summed E-state index contributed by atoms with van der Waals surface area (Å²) in [4.78, 5) is 0. The summed E-state index contributed by atoms with van der Waals surface area (Å²) in [6, 6.07) is 5.62. The van der Waals surface area contributed by atoms with Crippen LogP contribution < -0.4 is 19.5 Å². The van der Waals surface area contributed by atoms with Gasteiger partial charge in [-0.15, -0.1) is 0 Å². The van der Waals surface area contributed by atoms with Crippen molar-refractivity contribution < 1.29 is 14.2 Å². The minimum atomic E-state index is -0.336. The molecule has 0 saturated carbocycles. The number of benzene rings is 1. The Labute approximate surface area is 116 Å². The topological polar surface area (TPSA) is 39.7 Å². The molecule has 1 aromatic rings. The van der Waals surface area contributed by atoms with Crippen LogP contribution in [0, 0.1) is 0 Å². The van der Waals surface area contributed by atoms with E-state index < -0.39 is 0 Å². The van der Waals surface area contributed by atoms with E-state index in [1.807, 2.05) is 32.0 Å². The molecular formula is C15H25NO3. The second kappa shape index (κ2) is 7.24. The summed E-state index contributed by atoms with van der Waals surface area (Å²) in [6.45, 7) is 7.98. The largest absolute Gasteiger partial charge is 0.493 e. The molecule has 0 bridgehead atoms. The van der Waals surface area contributed by atoms with Gasteiger partial charge in [0.1, 0.15) is 5.60 Å². The number of methoxy groups -OCH3 is 2. The molecule has 108 valence electrons. The second-order valence-electron chi connectivity index (χ2n) is 5.03. The average molecular weight is 267 g/mol. The number of para-hydroxylation sites is 1. The molecule has 0 aliphatic carbocycles. The summed E-state index contributed by atoms with van der Waals surface area (Å²) in [6.07, 6.45) is 1.11. The highest BCUT2D eigenvalue weighted by atomic mass is 16.5. The zero-order valence-electron chi connectivity index (χ0n) is 12.6. The number of hydrogen-bond donors (Lipinski definition) is 1. The Morgan fingerprint density at radius 1 is 1.11 bits per heavy atom. The zero-order valence-corrected chi connectivity index (χ0v) is 12.6. The zero-order chi connectivity index (χ0) is 14.3. The van der Waals surface area contributed by atoms with Crippen LogP contribution >= 0.6 is 0 Å². The van der Waals surface area contributed by atoms with Gasteiger partial charge in [0.15, 0.2) is 11.5 Å². The third-order valence-electron chi connectivity index (χ3n) is 2.74. The molecule has 1 rings (SSSR count). The van der Waals surface area contributed by atoms with Crippen LogP contribution in [0.3, 0.4) is 0 Å². The fraction of sp³-hybridized carbons (Fsp3) is 0.600. The summed E-state index contributed by atoms with van der Waals surface area (Å²) in [5, 5.41) is 3.36. The molecule has 4 heteroatoms. The fourth-order valence-electron chi connectivity index (χ4n) is 1.80. The summed E-state index contributed by atoms with van der Waals surface area (Å²) in [5.41, 5.74) is -0.336. The van der Waals surface area contributed by atoms with E-state index >= 15 is 0 Å². The highest BCUT2D eigenvalue weighted by Crippen LogP contribution is 2.38. The number of ether oxygens (including phenoxy) is 3. The first-order valence-electron chi connectivity index (χ1n) is 6.64. The maximum Gasteiger partial charge on any atom is 0.204 e. The lowest BCUT2D eigenvalue weighted by molar-refractivity contribution is 0.0993. The van der Waals surface area contributed by atoms with Crippen LogP contribution in [0.25, 0.3) is 0 Å². The monoisotopic (exact) mass is 267 g/mol. The Kier molecular flexibility index (Phi) is 5.96. The molecule has 1 aromatic carbocycles. The third-order valence-corrected chi connectivity index (χ3v) is 2.74. The molecule has 0 radical (unpaired) electrons. The van der Waals surface area contributed by atoms with E-state index in [0.29, 0.717) is 17.2 Å². The molecule has 0 saturated heterocycles. The molecule has 0 aliphatic rings. The second-order valence-corrected chi connectivity index (χ2v) is 5.03. The Morgan fingerprint density at radius 3 is 2.16 bits per heavy atom. The summed E-state index contributed by atoms with van der Waals surface area (Å²) >= 11 is 0. The first-order valence-corrected chi connectivity index (χ1v) is 6.64.